The molecule has 1 amide bonds. The summed E-state index contributed by atoms with van der Waals surface area (Å²) in [6.45, 7) is -2.00. The molecule has 0 spiro atoms. The third kappa shape index (κ3) is 9.28. The molecule has 9 nitrogen and oxygen atoms in total. The Morgan fingerprint density at radius 2 is 1.62 bits per heavy atom. The number of hydrogen-bond acceptors (Lipinski definition) is 8. The Balaban J connectivity index is 1.42. The maximum atomic E-state index is 13.0. The number of amides is 1. The molecule has 3 aromatic carbocycles. The number of benzene rings is 3. The van der Waals surface area contributed by atoms with Gasteiger partial charge in [-0.2, -0.15) is 8.78 Å². The number of nitrogens with zero attached hydrogens (tertiary/aromatic N) is 1. The summed E-state index contributed by atoms with van der Waals surface area (Å²) < 4.78 is 101. The highest BCUT2D eigenvalue weighted by molar-refractivity contribution is 7.91. The van der Waals surface area contributed by atoms with Crippen LogP contribution in [0, 0.1) is 0 Å². The molecule has 4 rings (SSSR count). The Morgan fingerprint density at radius 3 is 2.18 bits per heavy atom. The fourth-order valence-electron chi connectivity index (χ4n) is 4.88. The summed E-state index contributed by atoms with van der Waals surface area (Å²) in [5.74, 6) is -0.729. The number of rotatable bonds is 13. The van der Waals surface area contributed by atoms with E-state index in [0.29, 0.717) is 11.3 Å². The number of carbonyl (C=O) groups is 1. The second kappa shape index (κ2) is 14.4. The van der Waals surface area contributed by atoms with E-state index < -0.39 is 59.3 Å². The van der Waals surface area contributed by atoms with Crippen LogP contribution < -0.4 is 19.7 Å². The molecule has 1 saturated heterocycles. The van der Waals surface area contributed by atoms with Crippen molar-refractivity contribution in [2.45, 2.75) is 49.4 Å². The van der Waals surface area contributed by atoms with Crippen LogP contribution in [0.15, 0.2) is 77.7 Å². The summed E-state index contributed by atoms with van der Waals surface area (Å²) in [5.41, 5.74) is 1.34. The molecule has 0 aromatic heterocycles. The average Bonchev–Trinajstić information content (AvgIpc) is 3.41. The number of halogens is 5. The summed E-state index contributed by atoms with van der Waals surface area (Å²) in [6.07, 6.45) is -5.08. The summed E-state index contributed by atoms with van der Waals surface area (Å²) in [7, 11) is -3.41. The van der Waals surface area contributed by atoms with Gasteiger partial charge in [-0.1, -0.05) is 19.1 Å². The number of hydrogen-bond donors (Lipinski definition) is 2. The van der Waals surface area contributed by atoms with Gasteiger partial charge in [-0.15, -0.1) is 13.2 Å². The number of ether oxygens (including phenoxy) is 3. The van der Waals surface area contributed by atoms with Gasteiger partial charge in [0.1, 0.15) is 17.6 Å². The maximum absolute atomic E-state index is 13.0. The minimum absolute atomic E-state index is 0.0639. The molecule has 15 heteroatoms. The maximum Gasteiger partial charge on any atom is 0.573 e. The Kier molecular flexibility index (Phi) is 10.9. The number of sulfone groups is 1. The normalized spacial score (nSPS) is 17.7. The van der Waals surface area contributed by atoms with Gasteiger partial charge in [-0.25, -0.2) is 8.42 Å². The van der Waals surface area contributed by atoms with Gasteiger partial charge in [-0.05, 0) is 66.2 Å². The van der Waals surface area contributed by atoms with Crippen LogP contribution in [-0.2, 0) is 14.6 Å². The molecule has 0 radical (unpaired) electrons. The van der Waals surface area contributed by atoms with Crippen LogP contribution in [0.25, 0.3) is 0 Å². The van der Waals surface area contributed by atoms with E-state index >= 15 is 0 Å². The SMILES string of the molecule is CCS(=O)(=O)c1ccc([C@H](CO)NC(=O)c2ccc(N3CC(Oc4ccc(OC(F)(F)F)cc4)C[C@H]3COC(F)F)cc2)cc1. The van der Waals surface area contributed by atoms with Crippen LogP contribution in [0.5, 0.6) is 11.5 Å². The van der Waals surface area contributed by atoms with Gasteiger partial charge in [0.25, 0.3) is 5.91 Å². The largest absolute Gasteiger partial charge is 0.573 e. The summed E-state index contributed by atoms with van der Waals surface area (Å²) in [4.78, 5) is 14.9. The van der Waals surface area contributed by atoms with Crippen molar-refractivity contribution in [1.29, 1.82) is 0 Å². The molecule has 1 heterocycles. The third-order valence-corrected chi connectivity index (χ3v) is 8.87. The second-order valence-electron chi connectivity index (χ2n) is 10.1. The minimum Gasteiger partial charge on any atom is -0.489 e. The minimum atomic E-state index is -4.84. The Labute approximate surface area is 256 Å². The fourth-order valence-corrected chi connectivity index (χ4v) is 5.77. The average molecular weight is 659 g/mol. The van der Waals surface area contributed by atoms with E-state index in [1.807, 2.05) is 0 Å². The first-order valence-electron chi connectivity index (χ1n) is 13.8. The van der Waals surface area contributed by atoms with Crippen LogP contribution in [0.3, 0.4) is 0 Å². The molecule has 1 unspecified atom stereocenters. The number of nitrogens with one attached hydrogen (secondary N) is 1. The van der Waals surface area contributed by atoms with E-state index in [1.165, 1.54) is 55.5 Å². The first-order chi connectivity index (χ1) is 21.3. The van der Waals surface area contributed by atoms with E-state index in [2.05, 4.69) is 14.8 Å². The predicted molar refractivity (Wildman–Crippen MR) is 153 cm³/mol. The highest BCUT2D eigenvalue weighted by atomic mass is 32.2. The molecule has 0 bridgehead atoms. The van der Waals surface area contributed by atoms with Crippen molar-refractivity contribution in [2.75, 3.05) is 30.4 Å². The van der Waals surface area contributed by atoms with Gasteiger partial charge in [0.15, 0.2) is 9.84 Å². The Morgan fingerprint density at radius 1 is 1.00 bits per heavy atom. The lowest BCUT2D eigenvalue weighted by atomic mass is 10.1. The molecule has 3 aromatic rings. The molecular weight excluding hydrogens is 627 g/mol. The van der Waals surface area contributed by atoms with Gasteiger partial charge in [0, 0.05) is 17.7 Å². The molecule has 244 valence electrons. The highest BCUT2D eigenvalue weighted by Gasteiger charge is 2.35. The zero-order valence-electron chi connectivity index (χ0n) is 23.9. The first kappa shape index (κ1) is 33.9. The van der Waals surface area contributed by atoms with Gasteiger partial charge in [-0.3, -0.25) is 4.79 Å². The Bertz CT molecular complexity index is 1520. The fraction of sp³-hybridized carbons (Fsp3) is 0.367. The number of alkyl halides is 5. The lowest BCUT2D eigenvalue weighted by molar-refractivity contribution is -0.274. The van der Waals surface area contributed by atoms with Crippen LogP contribution in [0.2, 0.25) is 0 Å². The molecular formula is C30H31F5N2O7S. The van der Waals surface area contributed by atoms with Crippen molar-refractivity contribution < 1.29 is 54.5 Å². The lowest BCUT2D eigenvalue weighted by Crippen LogP contribution is -2.34. The molecule has 1 fully saturated rings. The third-order valence-electron chi connectivity index (χ3n) is 7.12. The van der Waals surface area contributed by atoms with Crippen LogP contribution in [0.4, 0.5) is 27.6 Å². The van der Waals surface area contributed by atoms with Crippen LogP contribution in [0.1, 0.15) is 35.3 Å². The van der Waals surface area contributed by atoms with Crippen molar-refractivity contribution >= 4 is 21.4 Å². The van der Waals surface area contributed by atoms with Gasteiger partial charge < -0.3 is 29.5 Å². The van der Waals surface area contributed by atoms with Crippen molar-refractivity contribution in [3.63, 3.8) is 0 Å². The zero-order chi connectivity index (χ0) is 32.8. The highest BCUT2D eigenvalue weighted by Crippen LogP contribution is 2.31. The number of aliphatic hydroxyl groups excluding tert-OH is 1. The van der Waals surface area contributed by atoms with Gasteiger partial charge in [0.05, 0.1) is 42.5 Å². The second-order valence-corrected chi connectivity index (χ2v) is 12.4. The van der Waals surface area contributed by atoms with Crippen LogP contribution >= 0.6 is 0 Å². The molecule has 2 N–H and O–H groups in total. The molecule has 0 aliphatic carbocycles. The van der Waals surface area contributed by atoms with E-state index in [1.54, 1.807) is 17.0 Å². The summed E-state index contributed by atoms with van der Waals surface area (Å²) in [5, 5.41) is 12.6. The van der Waals surface area contributed by atoms with E-state index in [0.717, 1.165) is 12.1 Å². The summed E-state index contributed by atoms with van der Waals surface area (Å²) in [6, 6.07) is 15.6. The molecule has 1 aliphatic rings. The van der Waals surface area contributed by atoms with Gasteiger partial charge >= 0.3 is 13.0 Å². The smallest absolute Gasteiger partial charge is 0.489 e. The first-order valence-corrected chi connectivity index (χ1v) is 15.5. The number of carbonyl (C=O) groups excluding carboxylic acids is 1. The lowest BCUT2D eigenvalue weighted by Gasteiger charge is -2.26. The van der Waals surface area contributed by atoms with E-state index in [4.69, 9.17) is 4.74 Å². The zero-order valence-corrected chi connectivity index (χ0v) is 24.7. The molecule has 45 heavy (non-hydrogen) atoms. The van der Waals surface area contributed by atoms with Crippen molar-refractivity contribution in [3.05, 3.63) is 83.9 Å². The quantitative estimate of drug-likeness (QED) is 0.244. The van der Waals surface area contributed by atoms with Crippen LogP contribution in [-0.4, -0.2) is 70.1 Å². The Hall–Kier alpha value is -3.95. The van der Waals surface area contributed by atoms with Crippen molar-refractivity contribution in [2.24, 2.45) is 0 Å². The molecule has 3 atom stereocenters. The predicted octanol–water partition coefficient (Wildman–Crippen LogP) is 5.11. The van der Waals surface area contributed by atoms with E-state index in [-0.39, 0.29) is 41.5 Å². The topological polar surface area (TPSA) is 114 Å². The number of anilines is 1. The van der Waals surface area contributed by atoms with Crippen molar-refractivity contribution in [1.82, 2.24) is 5.32 Å². The number of aliphatic hydroxyl groups is 1. The standard InChI is InChI=1S/C30H31F5N2O7S/c1-2-45(40,41)26-13-5-19(6-14-26)27(17-38)36-28(39)20-3-7-21(8-4-20)37-16-25(15-22(37)18-42-29(31)32)43-23-9-11-24(12-10-23)44-30(33,34)35/h3-14,22,25,27,29,38H,2,15-18H2,1H3,(H,36,39)/t22-,25?,27-/m0/s1. The van der Waals surface area contributed by atoms with Gasteiger partial charge in [0.2, 0.25) is 0 Å². The summed E-state index contributed by atoms with van der Waals surface area (Å²) >= 11 is 0. The monoisotopic (exact) mass is 658 g/mol. The molecule has 0 saturated carbocycles. The van der Waals surface area contributed by atoms with Crippen molar-refractivity contribution in [3.8, 4) is 11.5 Å². The van der Waals surface area contributed by atoms with E-state index in [9.17, 15) is 40.3 Å². The molecule has 1 aliphatic heterocycles.